The molecule has 0 spiro atoms. The van der Waals surface area contributed by atoms with E-state index in [0.29, 0.717) is 0 Å². The molecule has 0 saturated carbocycles. The van der Waals surface area contributed by atoms with E-state index in [9.17, 15) is 5.11 Å². The maximum Gasteiger partial charge on any atom is 0.319 e. The number of aryl methyl sites for hydroxylation is 1. The van der Waals surface area contributed by atoms with Crippen LogP contribution in [0.2, 0.25) is 5.04 Å². The van der Waals surface area contributed by atoms with Crippen LogP contribution in [-0.2, 0) is 11.8 Å². The van der Waals surface area contributed by atoms with Crippen LogP contribution in [0.25, 0.3) is 0 Å². The van der Waals surface area contributed by atoms with Gasteiger partial charge in [0.1, 0.15) is 5.75 Å². The van der Waals surface area contributed by atoms with Crippen LogP contribution in [0.15, 0.2) is 91.0 Å². The van der Waals surface area contributed by atoms with Crippen molar-refractivity contribution in [1.29, 1.82) is 0 Å². The molecule has 1 aliphatic carbocycles. The lowest BCUT2D eigenvalue weighted by Gasteiger charge is -2.43. The zero-order valence-corrected chi connectivity index (χ0v) is 20.6. The second-order valence-corrected chi connectivity index (χ2v) is 14.3. The lowest BCUT2D eigenvalue weighted by atomic mass is 9.83. The van der Waals surface area contributed by atoms with Crippen LogP contribution in [-0.4, -0.2) is 20.0 Å². The van der Waals surface area contributed by atoms with Gasteiger partial charge in [-0.05, 0) is 51.5 Å². The van der Waals surface area contributed by atoms with Crippen LogP contribution in [0, 0.1) is 0 Å². The molecule has 0 aromatic heterocycles. The minimum atomic E-state index is -2.65. The van der Waals surface area contributed by atoms with E-state index >= 15 is 0 Å². The van der Waals surface area contributed by atoms with Crippen LogP contribution in [0.1, 0.15) is 45.2 Å². The normalized spacial score (nSPS) is 18.7. The standard InChI is InChI=1S/C29H34O2Si/c1-28(2,3)32(25-12-7-5-8-13-25,26-14-9-6-10-15-26)31-24-17-16-23-18-20-29(4,19-11-21-30)27(23)22-24/h5-17,19,22,30H,18,20-21H2,1-4H3. The zero-order chi connectivity index (χ0) is 22.8. The summed E-state index contributed by atoms with van der Waals surface area (Å²) in [5.74, 6) is 0.934. The van der Waals surface area contributed by atoms with Crippen molar-refractivity contribution >= 4 is 18.7 Å². The molecule has 0 fully saturated rings. The summed E-state index contributed by atoms with van der Waals surface area (Å²) in [7, 11) is -2.65. The Morgan fingerprint density at radius 1 is 0.938 bits per heavy atom. The Kier molecular flexibility index (Phi) is 6.15. The number of rotatable bonds is 6. The fourth-order valence-corrected chi connectivity index (χ4v) is 9.62. The molecule has 1 aliphatic rings. The minimum absolute atomic E-state index is 0.0666. The van der Waals surface area contributed by atoms with Crippen LogP contribution in [0.3, 0.4) is 0 Å². The third kappa shape index (κ3) is 3.96. The first kappa shape index (κ1) is 22.6. The average Bonchev–Trinajstić information content (AvgIpc) is 3.13. The SMILES string of the molecule is CC1(C=CCO)CCc2ccc(O[Si](c3ccccc3)(c3ccccc3)C(C)(C)C)cc21. The predicted octanol–water partition coefficient (Wildman–Crippen LogP) is 5.38. The highest BCUT2D eigenvalue weighted by atomic mass is 28.4. The Labute approximate surface area is 193 Å². The van der Waals surface area contributed by atoms with E-state index in [-0.39, 0.29) is 17.1 Å². The second kappa shape index (κ2) is 8.72. The molecule has 0 saturated heterocycles. The molecule has 1 unspecified atom stereocenters. The summed E-state index contributed by atoms with van der Waals surface area (Å²) in [6.07, 6.45) is 6.14. The Bertz CT molecular complexity index is 1040. The Morgan fingerprint density at radius 3 is 2.06 bits per heavy atom. The first-order chi connectivity index (χ1) is 15.3. The molecule has 2 nitrogen and oxygen atoms in total. The van der Waals surface area contributed by atoms with E-state index in [1.807, 2.05) is 6.08 Å². The highest BCUT2D eigenvalue weighted by Gasteiger charge is 2.52. The molecular weight excluding hydrogens is 408 g/mol. The summed E-state index contributed by atoms with van der Waals surface area (Å²) in [6.45, 7) is 9.25. The van der Waals surface area contributed by atoms with Crippen molar-refractivity contribution in [3.05, 3.63) is 102 Å². The quantitative estimate of drug-likeness (QED) is 0.410. The third-order valence-electron chi connectivity index (χ3n) is 6.89. The lowest BCUT2D eigenvalue weighted by molar-refractivity contribution is 0.341. The van der Waals surface area contributed by atoms with Crippen molar-refractivity contribution in [2.24, 2.45) is 0 Å². The van der Waals surface area contributed by atoms with Crippen molar-refractivity contribution < 1.29 is 9.53 Å². The van der Waals surface area contributed by atoms with E-state index in [1.165, 1.54) is 21.5 Å². The number of aliphatic hydroxyl groups excluding tert-OH is 1. The van der Waals surface area contributed by atoms with Crippen molar-refractivity contribution in [3.63, 3.8) is 0 Å². The van der Waals surface area contributed by atoms with E-state index in [2.05, 4.69) is 113 Å². The molecular formula is C29H34O2Si. The topological polar surface area (TPSA) is 29.5 Å². The number of hydrogen-bond donors (Lipinski definition) is 1. The van der Waals surface area contributed by atoms with E-state index in [1.54, 1.807) is 0 Å². The second-order valence-electron chi connectivity index (χ2n) is 10.1. The van der Waals surface area contributed by atoms with Crippen molar-refractivity contribution in [1.82, 2.24) is 0 Å². The Hall–Kier alpha value is -2.62. The molecule has 0 aliphatic heterocycles. The molecule has 0 heterocycles. The summed E-state index contributed by atoms with van der Waals surface area (Å²) in [5.41, 5.74) is 2.63. The molecule has 166 valence electrons. The molecule has 0 radical (unpaired) electrons. The molecule has 32 heavy (non-hydrogen) atoms. The van der Waals surface area contributed by atoms with Crippen LogP contribution in [0.5, 0.6) is 5.75 Å². The maximum absolute atomic E-state index is 9.33. The number of allylic oxidation sites excluding steroid dienone is 1. The van der Waals surface area contributed by atoms with Crippen LogP contribution >= 0.6 is 0 Å². The van der Waals surface area contributed by atoms with Gasteiger partial charge in [-0.2, -0.15) is 0 Å². The number of fused-ring (bicyclic) bond motifs is 1. The van der Waals surface area contributed by atoms with E-state index < -0.39 is 8.32 Å². The van der Waals surface area contributed by atoms with Crippen molar-refractivity contribution in [3.8, 4) is 5.75 Å². The maximum atomic E-state index is 9.33. The molecule has 3 aromatic rings. The van der Waals surface area contributed by atoms with Gasteiger partial charge in [-0.15, -0.1) is 0 Å². The molecule has 1 atom stereocenters. The molecule has 3 aromatic carbocycles. The number of hydrogen-bond acceptors (Lipinski definition) is 2. The van der Waals surface area contributed by atoms with Gasteiger partial charge >= 0.3 is 8.32 Å². The lowest BCUT2D eigenvalue weighted by Crippen LogP contribution is -2.68. The Balaban J connectivity index is 1.87. The van der Waals surface area contributed by atoms with Gasteiger partial charge in [0.15, 0.2) is 0 Å². The van der Waals surface area contributed by atoms with E-state index in [0.717, 1.165) is 18.6 Å². The van der Waals surface area contributed by atoms with Gasteiger partial charge in [0, 0.05) is 5.41 Å². The molecule has 0 bridgehead atoms. The first-order valence-corrected chi connectivity index (χ1v) is 13.4. The summed E-state index contributed by atoms with van der Waals surface area (Å²) in [6, 6.07) is 28.2. The van der Waals surface area contributed by atoms with Gasteiger partial charge in [-0.3, -0.25) is 0 Å². The van der Waals surface area contributed by atoms with Crippen molar-refractivity contribution in [2.45, 2.75) is 51.0 Å². The molecule has 4 rings (SSSR count). The summed E-state index contributed by atoms with van der Waals surface area (Å²) >= 11 is 0. The number of aliphatic hydroxyl groups is 1. The van der Waals surface area contributed by atoms with Gasteiger partial charge in [-0.1, -0.05) is 107 Å². The average molecular weight is 443 g/mol. The molecule has 0 amide bonds. The highest BCUT2D eigenvalue weighted by molar-refractivity contribution is 7.00. The number of benzene rings is 3. The van der Waals surface area contributed by atoms with Gasteiger partial charge in [0.25, 0.3) is 0 Å². The third-order valence-corrected chi connectivity index (χ3v) is 11.8. The zero-order valence-electron chi connectivity index (χ0n) is 19.6. The smallest absolute Gasteiger partial charge is 0.319 e. The summed E-state index contributed by atoms with van der Waals surface area (Å²) < 4.78 is 7.23. The van der Waals surface area contributed by atoms with Gasteiger partial charge in [0.2, 0.25) is 0 Å². The fourth-order valence-electron chi connectivity index (χ4n) is 5.21. The first-order valence-electron chi connectivity index (χ1n) is 11.5. The largest absolute Gasteiger partial charge is 0.534 e. The monoisotopic (exact) mass is 442 g/mol. The fraction of sp³-hybridized carbons (Fsp3) is 0.310. The minimum Gasteiger partial charge on any atom is -0.534 e. The highest BCUT2D eigenvalue weighted by Crippen LogP contribution is 2.43. The van der Waals surface area contributed by atoms with E-state index in [4.69, 9.17) is 4.43 Å². The van der Waals surface area contributed by atoms with Gasteiger partial charge in [0.05, 0.1) is 6.61 Å². The van der Waals surface area contributed by atoms with Gasteiger partial charge < -0.3 is 9.53 Å². The molecule has 3 heteroatoms. The molecule has 1 N–H and O–H groups in total. The summed E-state index contributed by atoms with van der Waals surface area (Å²) in [4.78, 5) is 0. The summed E-state index contributed by atoms with van der Waals surface area (Å²) in [5, 5.41) is 11.8. The Morgan fingerprint density at radius 2 is 1.53 bits per heavy atom. The van der Waals surface area contributed by atoms with Crippen molar-refractivity contribution in [2.75, 3.05) is 6.61 Å². The van der Waals surface area contributed by atoms with Crippen LogP contribution in [0.4, 0.5) is 0 Å². The van der Waals surface area contributed by atoms with Crippen LogP contribution < -0.4 is 14.8 Å². The predicted molar refractivity (Wildman–Crippen MR) is 137 cm³/mol. The van der Waals surface area contributed by atoms with Gasteiger partial charge in [-0.25, -0.2) is 0 Å².